The first-order valence-electron chi connectivity index (χ1n) is 4.81. The van der Waals surface area contributed by atoms with Crippen LogP contribution >= 0.6 is 12.2 Å². The molecule has 0 aromatic heterocycles. The van der Waals surface area contributed by atoms with E-state index < -0.39 is 16.1 Å². The lowest BCUT2D eigenvalue weighted by atomic mass is 10.3. The molecule has 0 aliphatic carbocycles. The summed E-state index contributed by atoms with van der Waals surface area (Å²) in [6.07, 6.45) is 1.52. The number of nitrogens with two attached hydrogens (primary N) is 1. The van der Waals surface area contributed by atoms with Gasteiger partial charge in [-0.15, -0.1) is 0 Å². The predicted octanol–water partition coefficient (Wildman–Crippen LogP) is -0.241. The van der Waals surface area contributed by atoms with E-state index in [0.717, 1.165) is 12.8 Å². The molecule has 2 atom stereocenters. The minimum atomic E-state index is -3.35. The van der Waals surface area contributed by atoms with Gasteiger partial charge in [-0.25, -0.2) is 13.1 Å². The molecule has 0 amide bonds. The normalized spacial score (nSPS) is 23.9. The van der Waals surface area contributed by atoms with Gasteiger partial charge in [-0.1, -0.05) is 12.2 Å². The average Bonchev–Trinajstić information content (AvgIpc) is 2.54. The minimum Gasteiger partial charge on any atom is -0.392 e. The van der Waals surface area contributed by atoms with Crippen molar-refractivity contribution in [3.8, 4) is 0 Å². The number of hydrogen-bond donors (Lipinski definition) is 2. The van der Waals surface area contributed by atoms with E-state index in [0.29, 0.717) is 6.61 Å². The van der Waals surface area contributed by atoms with Crippen LogP contribution in [0.25, 0.3) is 0 Å². The maximum absolute atomic E-state index is 11.6. The van der Waals surface area contributed by atoms with Gasteiger partial charge in [0, 0.05) is 6.61 Å². The lowest BCUT2D eigenvalue weighted by Crippen LogP contribution is -2.43. The number of rotatable bonds is 5. The SMILES string of the molecule is CC(NS(=O)(=O)CC1CCCO1)C(N)=S. The van der Waals surface area contributed by atoms with Crippen molar-refractivity contribution in [1.29, 1.82) is 0 Å². The Kier molecular flexibility index (Phi) is 4.45. The molecule has 1 saturated heterocycles. The first-order valence-corrected chi connectivity index (χ1v) is 6.88. The average molecular weight is 252 g/mol. The highest BCUT2D eigenvalue weighted by molar-refractivity contribution is 7.89. The number of thiocarbonyl (C=S) groups is 1. The van der Waals surface area contributed by atoms with Gasteiger partial charge < -0.3 is 10.5 Å². The molecule has 0 radical (unpaired) electrons. The van der Waals surface area contributed by atoms with E-state index in [2.05, 4.69) is 16.9 Å². The Labute approximate surface area is 95.4 Å². The molecule has 0 bridgehead atoms. The van der Waals surface area contributed by atoms with Crippen molar-refractivity contribution in [3.63, 3.8) is 0 Å². The summed E-state index contributed by atoms with van der Waals surface area (Å²) >= 11 is 4.69. The van der Waals surface area contributed by atoms with Crippen molar-refractivity contribution < 1.29 is 13.2 Å². The van der Waals surface area contributed by atoms with Crippen molar-refractivity contribution in [2.24, 2.45) is 5.73 Å². The Morgan fingerprint density at radius 3 is 2.87 bits per heavy atom. The summed E-state index contributed by atoms with van der Waals surface area (Å²) in [5.74, 6) is -0.0139. The van der Waals surface area contributed by atoms with Crippen LogP contribution in [0.5, 0.6) is 0 Å². The van der Waals surface area contributed by atoms with Gasteiger partial charge in [0.05, 0.1) is 22.9 Å². The van der Waals surface area contributed by atoms with Crippen LogP contribution in [0.1, 0.15) is 19.8 Å². The Hall–Kier alpha value is -0.240. The van der Waals surface area contributed by atoms with Gasteiger partial charge in [0.15, 0.2) is 0 Å². The minimum absolute atomic E-state index is 0.0139. The summed E-state index contributed by atoms with van der Waals surface area (Å²) in [7, 11) is -3.35. The second-order valence-electron chi connectivity index (χ2n) is 3.66. The van der Waals surface area contributed by atoms with E-state index in [9.17, 15) is 8.42 Å². The number of ether oxygens (including phenoxy) is 1. The molecule has 2 unspecified atom stereocenters. The molecular weight excluding hydrogens is 236 g/mol. The lowest BCUT2D eigenvalue weighted by molar-refractivity contribution is 0.127. The van der Waals surface area contributed by atoms with Gasteiger partial charge in [-0.05, 0) is 19.8 Å². The molecule has 1 rings (SSSR count). The Balaban J connectivity index is 2.47. The van der Waals surface area contributed by atoms with E-state index in [1.807, 2.05) is 0 Å². The van der Waals surface area contributed by atoms with Gasteiger partial charge >= 0.3 is 0 Å². The quantitative estimate of drug-likeness (QED) is 0.660. The van der Waals surface area contributed by atoms with Crippen LogP contribution < -0.4 is 10.5 Å². The molecular formula is C8H16N2O3S2. The van der Waals surface area contributed by atoms with Crippen LogP contribution in [-0.4, -0.2) is 37.9 Å². The van der Waals surface area contributed by atoms with E-state index in [1.165, 1.54) is 0 Å². The van der Waals surface area contributed by atoms with Crippen molar-refractivity contribution in [2.75, 3.05) is 12.4 Å². The van der Waals surface area contributed by atoms with Crippen molar-refractivity contribution in [2.45, 2.75) is 31.9 Å². The molecule has 0 spiro atoms. The molecule has 3 N–H and O–H groups in total. The summed E-state index contributed by atoms with van der Waals surface area (Å²) in [6, 6.07) is -0.508. The van der Waals surface area contributed by atoms with Crippen LogP contribution in [0.3, 0.4) is 0 Å². The molecule has 1 aliphatic rings. The zero-order valence-corrected chi connectivity index (χ0v) is 10.2. The molecule has 0 aromatic carbocycles. The van der Waals surface area contributed by atoms with Gasteiger partial charge in [-0.3, -0.25) is 0 Å². The van der Waals surface area contributed by atoms with Crippen LogP contribution in [-0.2, 0) is 14.8 Å². The third kappa shape index (κ3) is 4.42. The van der Waals surface area contributed by atoms with Crippen molar-refractivity contribution in [3.05, 3.63) is 0 Å². The standard InChI is InChI=1S/C8H16N2O3S2/c1-6(8(9)14)10-15(11,12)5-7-3-2-4-13-7/h6-7,10H,2-5H2,1H3,(H2,9,14). The van der Waals surface area contributed by atoms with Crippen LogP contribution in [0.4, 0.5) is 0 Å². The first-order chi connectivity index (χ1) is 6.91. The molecule has 1 fully saturated rings. The fourth-order valence-corrected chi connectivity index (χ4v) is 3.04. The molecule has 1 heterocycles. The van der Waals surface area contributed by atoms with Gasteiger partial charge in [-0.2, -0.15) is 0 Å². The molecule has 5 nitrogen and oxygen atoms in total. The largest absolute Gasteiger partial charge is 0.392 e. The third-order valence-corrected chi connectivity index (χ3v) is 4.09. The van der Waals surface area contributed by atoms with E-state index in [1.54, 1.807) is 6.92 Å². The molecule has 1 aliphatic heterocycles. The molecule has 0 aromatic rings. The summed E-state index contributed by atoms with van der Waals surface area (Å²) in [5.41, 5.74) is 5.32. The fourth-order valence-electron chi connectivity index (χ4n) is 1.40. The zero-order chi connectivity index (χ0) is 11.5. The zero-order valence-electron chi connectivity index (χ0n) is 8.60. The van der Waals surface area contributed by atoms with Crippen LogP contribution in [0.2, 0.25) is 0 Å². The van der Waals surface area contributed by atoms with Crippen molar-refractivity contribution in [1.82, 2.24) is 4.72 Å². The highest BCUT2D eigenvalue weighted by Crippen LogP contribution is 2.13. The van der Waals surface area contributed by atoms with E-state index >= 15 is 0 Å². The molecule has 88 valence electrons. The number of hydrogen-bond acceptors (Lipinski definition) is 4. The monoisotopic (exact) mass is 252 g/mol. The molecule has 15 heavy (non-hydrogen) atoms. The van der Waals surface area contributed by atoms with E-state index in [4.69, 9.17) is 10.5 Å². The highest BCUT2D eigenvalue weighted by Gasteiger charge is 2.24. The van der Waals surface area contributed by atoms with Gasteiger partial charge in [0.1, 0.15) is 0 Å². The van der Waals surface area contributed by atoms with E-state index in [-0.39, 0.29) is 16.8 Å². The summed E-state index contributed by atoms with van der Waals surface area (Å²) < 4.78 is 30.8. The first kappa shape index (κ1) is 12.8. The number of sulfonamides is 1. The lowest BCUT2D eigenvalue weighted by Gasteiger charge is -2.15. The maximum atomic E-state index is 11.6. The summed E-state index contributed by atoms with van der Waals surface area (Å²) in [6.45, 7) is 2.26. The van der Waals surface area contributed by atoms with Crippen molar-refractivity contribution >= 4 is 27.2 Å². The van der Waals surface area contributed by atoms with Crippen LogP contribution in [0, 0.1) is 0 Å². The topological polar surface area (TPSA) is 81.4 Å². The number of nitrogens with one attached hydrogen (secondary N) is 1. The maximum Gasteiger partial charge on any atom is 0.214 e. The Morgan fingerprint density at radius 2 is 2.40 bits per heavy atom. The predicted molar refractivity (Wildman–Crippen MR) is 62.1 cm³/mol. The van der Waals surface area contributed by atoms with Crippen LogP contribution in [0.15, 0.2) is 0 Å². The molecule has 0 saturated carbocycles. The Morgan fingerprint density at radius 1 is 1.73 bits per heavy atom. The highest BCUT2D eigenvalue weighted by atomic mass is 32.2. The third-order valence-electron chi connectivity index (χ3n) is 2.21. The fraction of sp³-hybridized carbons (Fsp3) is 0.875. The smallest absolute Gasteiger partial charge is 0.214 e. The van der Waals surface area contributed by atoms with Gasteiger partial charge in [0.2, 0.25) is 10.0 Å². The molecule has 7 heteroatoms. The second kappa shape index (κ2) is 5.20. The van der Waals surface area contributed by atoms with Gasteiger partial charge in [0.25, 0.3) is 0 Å². The Bertz CT molecular complexity index is 323. The summed E-state index contributed by atoms with van der Waals surface area (Å²) in [5, 5.41) is 0. The second-order valence-corrected chi connectivity index (χ2v) is 5.93. The summed E-state index contributed by atoms with van der Waals surface area (Å²) in [4.78, 5) is 0.144.